The second-order valence-electron chi connectivity index (χ2n) is 8.63. The van der Waals surface area contributed by atoms with Crippen LogP contribution in [0.25, 0.3) is 10.9 Å². The van der Waals surface area contributed by atoms with Crippen molar-refractivity contribution in [2.75, 3.05) is 32.8 Å². The number of ether oxygens (including phenoxy) is 1. The van der Waals surface area contributed by atoms with Crippen LogP contribution in [0.3, 0.4) is 0 Å². The van der Waals surface area contributed by atoms with Crippen LogP contribution in [0.2, 0.25) is 0 Å². The molecule has 8 heteroatoms. The summed E-state index contributed by atoms with van der Waals surface area (Å²) < 4.78 is 5.77. The van der Waals surface area contributed by atoms with Crippen LogP contribution >= 0.6 is 0 Å². The Morgan fingerprint density at radius 2 is 2.17 bits per heavy atom. The van der Waals surface area contributed by atoms with Crippen molar-refractivity contribution in [2.45, 2.75) is 31.4 Å². The number of para-hydroxylation sites is 1. The Kier molecular flexibility index (Phi) is 5.45. The Bertz CT molecular complexity index is 922. The fourth-order valence-electron chi connectivity index (χ4n) is 5.09. The third-order valence-electron chi connectivity index (χ3n) is 6.67. The monoisotopic (exact) mass is 411 g/mol. The number of nitrogens with one attached hydrogen (secondary N) is 4. The summed E-state index contributed by atoms with van der Waals surface area (Å²) >= 11 is 0. The van der Waals surface area contributed by atoms with Crippen molar-refractivity contribution >= 4 is 22.7 Å². The van der Waals surface area contributed by atoms with Crippen LogP contribution < -0.4 is 16.2 Å². The van der Waals surface area contributed by atoms with Crippen molar-refractivity contribution in [3.63, 3.8) is 0 Å². The number of carbonyl (C=O) groups is 2. The largest absolute Gasteiger partial charge is 0.377 e. The molecule has 1 aromatic carbocycles. The van der Waals surface area contributed by atoms with Crippen LogP contribution in [0.5, 0.6) is 0 Å². The van der Waals surface area contributed by atoms with Gasteiger partial charge in [0, 0.05) is 49.9 Å². The smallest absolute Gasteiger partial charge is 0.240 e. The summed E-state index contributed by atoms with van der Waals surface area (Å²) in [6, 6.07) is 8.02. The van der Waals surface area contributed by atoms with Gasteiger partial charge >= 0.3 is 0 Å². The molecule has 5 rings (SSSR count). The van der Waals surface area contributed by atoms with E-state index in [1.165, 1.54) is 10.9 Å². The topological polar surface area (TPSA) is 98.5 Å². The van der Waals surface area contributed by atoms with Gasteiger partial charge in [0.2, 0.25) is 11.8 Å². The Morgan fingerprint density at radius 1 is 1.27 bits per heavy atom. The van der Waals surface area contributed by atoms with Crippen LogP contribution in [0.4, 0.5) is 0 Å². The van der Waals surface area contributed by atoms with E-state index in [0.29, 0.717) is 19.6 Å². The minimum atomic E-state index is -0.271. The number of aromatic nitrogens is 1. The zero-order valence-corrected chi connectivity index (χ0v) is 17.0. The van der Waals surface area contributed by atoms with Gasteiger partial charge in [0.25, 0.3) is 0 Å². The van der Waals surface area contributed by atoms with E-state index in [-0.39, 0.29) is 35.8 Å². The van der Waals surface area contributed by atoms with E-state index < -0.39 is 0 Å². The van der Waals surface area contributed by atoms with E-state index in [1.807, 2.05) is 18.3 Å². The maximum absolute atomic E-state index is 13.1. The maximum Gasteiger partial charge on any atom is 0.240 e. The number of nitrogens with zero attached hydrogens (tertiary/aromatic N) is 1. The first-order valence-corrected chi connectivity index (χ1v) is 10.9. The molecule has 3 fully saturated rings. The molecule has 0 radical (unpaired) electrons. The normalized spacial score (nSPS) is 29.1. The third kappa shape index (κ3) is 3.82. The SMILES string of the molecule is O=C(NCCc1c[nH]c2ccccc12)C1CN(CC2CCCO2)CC2C(=O)NNC12. The lowest BCUT2D eigenvalue weighted by Crippen LogP contribution is -2.58. The summed E-state index contributed by atoms with van der Waals surface area (Å²) in [6.45, 7) is 3.48. The first-order chi connectivity index (χ1) is 14.7. The van der Waals surface area contributed by atoms with Crippen LogP contribution in [-0.2, 0) is 20.7 Å². The molecule has 8 nitrogen and oxygen atoms in total. The number of amides is 2. The number of rotatable bonds is 6. The molecule has 4 N–H and O–H groups in total. The molecule has 0 saturated carbocycles. The zero-order chi connectivity index (χ0) is 20.5. The van der Waals surface area contributed by atoms with E-state index in [4.69, 9.17) is 4.74 Å². The number of benzene rings is 1. The van der Waals surface area contributed by atoms with Gasteiger partial charge in [-0.3, -0.25) is 19.9 Å². The molecule has 0 bridgehead atoms. The Labute approximate surface area is 175 Å². The molecule has 0 spiro atoms. The zero-order valence-electron chi connectivity index (χ0n) is 17.0. The molecular formula is C22H29N5O3. The second-order valence-corrected chi connectivity index (χ2v) is 8.63. The molecule has 0 aliphatic carbocycles. The number of hydrogen-bond donors (Lipinski definition) is 4. The predicted molar refractivity (Wildman–Crippen MR) is 112 cm³/mol. The summed E-state index contributed by atoms with van der Waals surface area (Å²) in [7, 11) is 0. The van der Waals surface area contributed by atoms with Crippen molar-refractivity contribution in [3.05, 3.63) is 36.0 Å². The lowest BCUT2D eigenvalue weighted by molar-refractivity contribution is -0.130. The first-order valence-electron chi connectivity index (χ1n) is 10.9. The molecule has 3 aliphatic heterocycles. The van der Waals surface area contributed by atoms with Gasteiger partial charge in [-0.15, -0.1) is 0 Å². The molecule has 2 amide bonds. The summed E-state index contributed by atoms with van der Waals surface area (Å²) in [6.07, 6.45) is 5.13. The van der Waals surface area contributed by atoms with E-state index in [0.717, 1.165) is 37.9 Å². The standard InChI is InChI=1S/C22H29N5O3/c28-21(23-8-7-14-10-24-19-6-2-1-5-16(14)19)17-12-27(11-15-4-3-9-30-15)13-18-20(17)25-26-22(18)29/h1-2,5-6,10,15,17-18,20,24-25H,3-4,7-9,11-13H2,(H,23,28)(H,26,29). The molecule has 1 aromatic heterocycles. The fourth-order valence-corrected chi connectivity index (χ4v) is 5.09. The fraction of sp³-hybridized carbons (Fsp3) is 0.545. The molecule has 2 aromatic rings. The van der Waals surface area contributed by atoms with Crippen LogP contribution in [0, 0.1) is 11.8 Å². The van der Waals surface area contributed by atoms with Gasteiger partial charge < -0.3 is 15.0 Å². The lowest BCUT2D eigenvalue weighted by Gasteiger charge is -2.39. The molecule has 30 heavy (non-hydrogen) atoms. The number of carbonyl (C=O) groups excluding carboxylic acids is 2. The van der Waals surface area contributed by atoms with Crippen molar-refractivity contribution in [1.29, 1.82) is 0 Å². The van der Waals surface area contributed by atoms with Crippen molar-refractivity contribution in [3.8, 4) is 0 Å². The number of fused-ring (bicyclic) bond motifs is 2. The minimum absolute atomic E-state index is 0.00545. The summed E-state index contributed by atoms with van der Waals surface area (Å²) in [5.41, 5.74) is 8.09. The molecular weight excluding hydrogens is 382 g/mol. The van der Waals surface area contributed by atoms with E-state index in [2.05, 4.69) is 38.2 Å². The summed E-state index contributed by atoms with van der Waals surface area (Å²) in [4.78, 5) is 30.9. The van der Waals surface area contributed by atoms with Crippen molar-refractivity contribution in [2.24, 2.45) is 11.8 Å². The molecule has 4 unspecified atom stereocenters. The van der Waals surface area contributed by atoms with Crippen LogP contribution in [-0.4, -0.2) is 66.6 Å². The van der Waals surface area contributed by atoms with Gasteiger partial charge in [0.1, 0.15) is 0 Å². The van der Waals surface area contributed by atoms with Gasteiger partial charge in [-0.1, -0.05) is 18.2 Å². The van der Waals surface area contributed by atoms with Crippen LogP contribution in [0.15, 0.2) is 30.5 Å². The van der Waals surface area contributed by atoms with E-state index in [9.17, 15) is 9.59 Å². The van der Waals surface area contributed by atoms with Crippen molar-refractivity contribution < 1.29 is 14.3 Å². The van der Waals surface area contributed by atoms with E-state index >= 15 is 0 Å². The van der Waals surface area contributed by atoms with Gasteiger partial charge in [-0.05, 0) is 30.9 Å². The lowest BCUT2D eigenvalue weighted by atomic mass is 9.83. The Hall–Kier alpha value is -2.42. The van der Waals surface area contributed by atoms with Gasteiger partial charge in [-0.2, -0.15) is 0 Å². The molecule has 3 aliphatic rings. The van der Waals surface area contributed by atoms with Crippen LogP contribution in [0.1, 0.15) is 18.4 Å². The van der Waals surface area contributed by atoms with Gasteiger partial charge in [-0.25, -0.2) is 5.43 Å². The number of H-pyrrole nitrogens is 1. The summed E-state index contributed by atoms with van der Waals surface area (Å²) in [5, 5.41) is 4.30. The third-order valence-corrected chi connectivity index (χ3v) is 6.67. The number of hydrogen-bond acceptors (Lipinski definition) is 5. The molecule has 4 atom stereocenters. The first kappa shape index (κ1) is 19.5. The molecule has 4 heterocycles. The molecule has 3 saturated heterocycles. The number of hydrazine groups is 1. The van der Waals surface area contributed by atoms with Gasteiger partial charge in [0.05, 0.1) is 24.0 Å². The van der Waals surface area contributed by atoms with Gasteiger partial charge in [0.15, 0.2) is 0 Å². The minimum Gasteiger partial charge on any atom is -0.377 e. The highest BCUT2D eigenvalue weighted by Crippen LogP contribution is 2.27. The highest BCUT2D eigenvalue weighted by Gasteiger charge is 2.47. The Morgan fingerprint density at radius 3 is 3.03 bits per heavy atom. The average Bonchev–Trinajstić information content (AvgIpc) is 3.49. The Balaban J connectivity index is 1.21. The quantitative estimate of drug-likeness (QED) is 0.557. The highest BCUT2D eigenvalue weighted by atomic mass is 16.5. The molecule has 160 valence electrons. The second kappa shape index (κ2) is 8.37. The van der Waals surface area contributed by atoms with Crippen molar-refractivity contribution in [1.82, 2.24) is 26.1 Å². The summed E-state index contributed by atoms with van der Waals surface area (Å²) in [5.74, 6) is -0.490. The number of aromatic amines is 1. The number of piperidine rings is 1. The predicted octanol–water partition coefficient (Wildman–Crippen LogP) is 0.557. The highest BCUT2D eigenvalue weighted by molar-refractivity contribution is 5.86. The maximum atomic E-state index is 13.1. The average molecular weight is 412 g/mol. The van der Waals surface area contributed by atoms with E-state index in [1.54, 1.807) is 0 Å². The number of likely N-dealkylation sites (tertiary alicyclic amines) is 1.